The molecule has 0 saturated carbocycles. The second-order valence-corrected chi connectivity index (χ2v) is 7.46. The van der Waals surface area contributed by atoms with Crippen molar-refractivity contribution >= 4 is 17.3 Å². The Balaban J connectivity index is 1.91. The van der Waals surface area contributed by atoms with Crippen LogP contribution < -0.4 is 15.4 Å². The molecule has 6 heteroatoms. The fraction of sp³-hybridized carbons (Fsp3) is 0.333. The number of aromatic nitrogens is 2. The molecule has 1 atom stereocenters. The summed E-state index contributed by atoms with van der Waals surface area (Å²) in [6, 6.07) is 14.1. The number of nitrogens with one attached hydrogen (secondary N) is 2. The molecular formula is C24H30N4O2. The van der Waals surface area contributed by atoms with Crippen LogP contribution in [0.25, 0.3) is 5.69 Å². The largest absolute Gasteiger partial charge is 0.495 e. The lowest BCUT2D eigenvalue weighted by molar-refractivity contribution is -0.114. The molecule has 0 aliphatic rings. The van der Waals surface area contributed by atoms with E-state index in [-0.39, 0.29) is 11.9 Å². The van der Waals surface area contributed by atoms with E-state index in [0.717, 1.165) is 35.5 Å². The van der Waals surface area contributed by atoms with E-state index in [1.165, 1.54) is 12.5 Å². The molecule has 0 radical (unpaired) electrons. The molecule has 3 aromatic rings. The number of hydrogen-bond acceptors (Lipinski definition) is 4. The number of carbonyl (C=O) groups excluding carboxylic acids is 1. The molecule has 0 fully saturated rings. The molecule has 0 saturated heterocycles. The third-order valence-electron chi connectivity index (χ3n) is 5.11. The van der Waals surface area contributed by atoms with Crippen LogP contribution in [0.15, 0.2) is 48.7 Å². The van der Waals surface area contributed by atoms with Gasteiger partial charge >= 0.3 is 0 Å². The van der Waals surface area contributed by atoms with Crippen molar-refractivity contribution in [2.75, 3.05) is 17.7 Å². The summed E-state index contributed by atoms with van der Waals surface area (Å²) >= 11 is 0. The van der Waals surface area contributed by atoms with Crippen molar-refractivity contribution in [1.82, 2.24) is 9.78 Å². The first-order chi connectivity index (χ1) is 14.4. The van der Waals surface area contributed by atoms with Gasteiger partial charge < -0.3 is 15.4 Å². The average Bonchev–Trinajstić information content (AvgIpc) is 3.10. The van der Waals surface area contributed by atoms with Crippen LogP contribution in [0, 0.1) is 6.92 Å². The number of methoxy groups -OCH3 is 1. The van der Waals surface area contributed by atoms with Crippen LogP contribution in [0.5, 0.6) is 5.75 Å². The smallest absolute Gasteiger partial charge is 0.221 e. The molecule has 0 bridgehead atoms. The number of para-hydroxylation sites is 1. The minimum Gasteiger partial charge on any atom is -0.495 e. The van der Waals surface area contributed by atoms with Crippen LogP contribution in [-0.2, 0) is 11.2 Å². The molecule has 0 spiro atoms. The molecule has 0 aliphatic carbocycles. The normalized spacial score (nSPS) is 11.8. The lowest BCUT2D eigenvalue weighted by atomic mass is 10.1. The predicted molar refractivity (Wildman–Crippen MR) is 122 cm³/mol. The predicted octanol–water partition coefficient (Wildman–Crippen LogP) is 5.27. The highest BCUT2D eigenvalue weighted by atomic mass is 16.5. The molecule has 2 N–H and O–H groups in total. The first kappa shape index (κ1) is 21.4. The SMILES string of the molecule is CCCc1c(NC(C)c2ccc(OC)c(NC(C)=O)c2)cnn1-c1ccccc1C. The number of rotatable bonds is 8. The van der Waals surface area contributed by atoms with Crippen LogP contribution in [-0.4, -0.2) is 22.8 Å². The van der Waals surface area contributed by atoms with Gasteiger partial charge in [-0.1, -0.05) is 37.6 Å². The summed E-state index contributed by atoms with van der Waals surface area (Å²) in [6.45, 7) is 7.86. The van der Waals surface area contributed by atoms with Gasteiger partial charge in [0.25, 0.3) is 0 Å². The van der Waals surface area contributed by atoms with Crippen LogP contribution in [0.2, 0.25) is 0 Å². The molecule has 158 valence electrons. The summed E-state index contributed by atoms with van der Waals surface area (Å²) in [5.41, 5.74) is 6.18. The number of benzene rings is 2. The number of aryl methyl sites for hydroxylation is 1. The molecule has 3 rings (SSSR count). The molecular weight excluding hydrogens is 376 g/mol. The van der Waals surface area contributed by atoms with Gasteiger partial charge in [-0.15, -0.1) is 0 Å². The van der Waals surface area contributed by atoms with Crippen LogP contribution >= 0.6 is 0 Å². The second-order valence-electron chi connectivity index (χ2n) is 7.46. The molecule has 2 aromatic carbocycles. The Morgan fingerprint density at radius 3 is 2.63 bits per heavy atom. The van der Waals surface area contributed by atoms with E-state index in [1.807, 2.05) is 41.2 Å². The van der Waals surface area contributed by atoms with Gasteiger partial charge in [0.1, 0.15) is 5.75 Å². The first-order valence-corrected chi connectivity index (χ1v) is 10.3. The van der Waals surface area contributed by atoms with E-state index in [4.69, 9.17) is 4.74 Å². The first-order valence-electron chi connectivity index (χ1n) is 10.3. The van der Waals surface area contributed by atoms with E-state index in [0.29, 0.717) is 11.4 Å². The van der Waals surface area contributed by atoms with Gasteiger partial charge in [-0.2, -0.15) is 5.10 Å². The third-order valence-corrected chi connectivity index (χ3v) is 5.11. The summed E-state index contributed by atoms with van der Waals surface area (Å²) in [7, 11) is 1.60. The molecule has 1 unspecified atom stereocenters. The Kier molecular flexibility index (Phi) is 6.77. The Morgan fingerprint density at radius 2 is 1.97 bits per heavy atom. The Hall–Kier alpha value is -3.28. The maximum absolute atomic E-state index is 11.5. The summed E-state index contributed by atoms with van der Waals surface area (Å²) in [4.78, 5) is 11.5. The zero-order valence-corrected chi connectivity index (χ0v) is 18.3. The number of nitrogens with zero attached hydrogens (tertiary/aromatic N) is 2. The minimum atomic E-state index is -0.129. The highest BCUT2D eigenvalue weighted by Gasteiger charge is 2.16. The van der Waals surface area contributed by atoms with Crippen molar-refractivity contribution in [2.45, 2.75) is 46.6 Å². The van der Waals surface area contributed by atoms with Gasteiger partial charge in [0, 0.05) is 13.0 Å². The van der Waals surface area contributed by atoms with E-state index in [2.05, 4.69) is 48.6 Å². The number of hydrogen-bond donors (Lipinski definition) is 2. The zero-order chi connectivity index (χ0) is 21.7. The van der Waals surface area contributed by atoms with Crippen molar-refractivity contribution in [3.8, 4) is 11.4 Å². The Morgan fingerprint density at radius 1 is 1.20 bits per heavy atom. The van der Waals surface area contributed by atoms with Crippen molar-refractivity contribution in [1.29, 1.82) is 0 Å². The van der Waals surface area contributed by atoms with Crippen molar-refractivity contribution in [2.24, 2.45) is 0 Å². The standard InChI is InChI=1S/C24H30N4O2/c1-6-9-23-21(15-25-28(23)22-11-8-7-10-16(22)2)26-17(3)19-12-13-24(30-5)20(14-19)27-18(4)29/h7-8,10-15,17,26H,6,9H2,1-5H3,(H,27,29). The number of amides is 1. The van der Waals surface area contributed by atoms with Crippen molar-refractivity contribution < 1.29 is 9.53 Å². The maximum Gasteiger partial charge on any atom is 0.221 e. The molecule has 1 aromatic heterocycles. The molecule has 1 heterocycles. The summed E-state index contributed by atoms with van der Waals surface area (Å²) in [5.74, 6) is 0.510. The second kappa shape index (κ2) is 9.48. The number of carbonyl (C=O) groups is 1. The van der Waals surface area contributed by atoms with Crippen LogP contribution in [0.3, 0.4) is 0 Å². The topological polar surface area (TPSA) is 68.2 Å². The summed E-state index contributed by atoms with van der Waals surface area (Å²) in [5, 5.41) is 11.1. The van der Waals surface area contributed by atoms with Gasteiger partial charge in [-0.25, -0.2) is 4.68 Å². The Bertz CT molecular complexity index is 1030. The third kappa shape index (κ3) is 4.64. The molecule has 6 nitrogen and oxygen atoms in total. The summed E-state index contributed by atoms with van der Waals surface area (Å²) in [6.07, 6.45) is 3.84. The van der Waals surface area contributed by atoms with E-state index in [9.17, 15) is 4.79 Å². The number of anilines is 2. The van der Waals surface area contributed by atoms with E-state index < -0.39 is 0 Å². The van der Waals surface area contributed by atoms with E-state index >= 15 is 0 Å². The fourth-order valence-corrected chi connectivity index (χ4v) is 3.58. The monoisotopic (exact) mass is 406 g/mol. The fourth-order valence-electron chi connectivity index (χ4n) is 3.58. The highest BCUT2D eigenvalue weighted by molar-refractivity contribution is 5.90. The highest BCUT2D eigenvalue weighted by Crippen LogP contribution is 2.31. The van der Waals surface area contributed by atoms with Crippen molar-refractivity contribution in [3.05, 3.63) is 65.5 Å². The maximum atomic E-state index is 11.5. The van der Waals surface area contributed by atoms with Crippen molar-refractivity contribution in [3.63, 3.8) is 0 Å². The van der Waals surface area contributed by atoms with Gasteiger partial charge in [-0.05, 0) is 49.6 Å². The van der Waals surface area contributed by atoms with Gasteiger partial charge in [0.2, 0.25) is 5.91 Å². The minimum absolute atomic E-state index is 0.0218. The van der Waals surface area contributed by atoms with Crippen LogP contribution in [0.4, 0.5) is 11.4 Å². The molecule has 0 aliphatic heterocycles. The van der Waals surface area contributed by atoms with Gasteiger partial charge in [0.05, 0.1) is 36.1 Å². The zero-order valence-electron chi connectivity index (χ0n) is 18.3. The number of ether oxygens (including phenoxy) is 1. The van der Waals surface area contributed by atoms with Crippen LogP contribution in [0.1, 0.15) is 50.1 Å². The van der Waals surface area contributed by atoms with Gasteiger partial charge in [-0.3, -0.25) is 4.79 Å². The Labute approximate surface area is 178 Å². The van der Waals surface area contributed by atoms with E-state index in [1.54, 1.807) is 7.11 Å². The molecule has 30 heavy (non-hydrogen) atoms. The average molecular weight is 407 g/mol. The summed E-state index contributed by atoms with van der Waals surface area (Å²) < 4.78 is 7.40. The van der Waals surface area contributed by atoms with Gasteiger partial charge in [0.15, 0.2) is 0 Å². The quantitative estimate of drug-likeness (QED) is 0.534. The molecule has 1 amide bonds. The lowest BCUT2D eigenvalue weighted by Crippen LogP contribution is -2.12. The lowest BCUT2D eigenvalue weighted by Gasteiger charge is -2.19.